The number of guanidine groups is 1. The minimum atomic E-state index is 0. The first kappa shape index (κ1) is 21.2. The van der Waals surface area contributed by atoms with Gasteiger partial charge in [0.15, 0.2) is 5.96 Å². The first-order valence-corrected chi connectivity index (χ1v) is 8.62. The molecule has 1 fully saturated rings. The summed E-state index contributed by atoms with van der Waals surface area (Å²) in [5.41, 5.74) is 3.56. The highest BCUT2D eigenvalue weighted by Crippen LogP contribution is 2.17. The lowest BCUT2D eigenvalue weighted by molar-refractivity contribution is 0.232. The molecule has 1 unspecified atom stereocenters. The highest BCUT2D eigenvalue weighted by Gasteiger charge is 2.25. The number of nitrogens with one attached hydrogen (secondary N) is 1. The standard InChI is InChI=1S/C17H32N6.HI/c1-7-23-10-8-9-15(23)12-21(5)17(18-4)19-11-16-13(2)20-22(6)14(16)3;/h15H,7-12H2,1-6H3,(H,18,19);1H. The van der Waals surface area contributed by atoms with E-state index in [1.165, 1.54) is 30.6 Å². The molecule has 1 atom stereocenters. The number of nitrogens with zero attached hydrogens (tertiary/aromatic N) is 5. The van der Waals surface area contributed by atoms with Gasteiger partial charge in [-0.05, 0) is 39.8 Å². The quantitative estimate of drug-likeness (QED) is 0.426. The molecule has 24 heavy (non-hydrogen) atoms. The number of hydrogen-bond acceptors (Lipinski definition) is 3. The van der Waals surface area contributed by atoms with Crippen molar-refractivity contribution in [2.24, 2.45) is 12.0 Å². The van der Waals surface area contributed by atoms with Crippen LogP contribution < -0.4 is 5.32 Å². The van der Waals surface area contributed by atoms with E-state index >= 15 is 0 Å². The summed E-state index contributed by atoms with van der Waals surface area (Å²) < 4.78 is 1.94. The Morgan fingerprint density at radius 1 is 1.42 bits per heavy atom. The van der Waals surface area contributed by atoms with Crippen LogP contribution in [-0.2, 0) is 13.6 Å². The molecule has 7 heteroatoms. The van der Waals surface area contributed by atoms with Crippen LogP contribution in [0.4, 0.5) is 0 Å². The Morgan fingerprint density at radius 2 is 2.12 bits per heavy atom. The zero-order valence-electron chi connectivity index (χ0n) is 16.0. The van der Waals surface area contributed by atoms with Gasteiger partial charge in [0.2, 0.25) is 0 Å². The average Bonchev–Trinajstić information content (AvgIpc) is 3.06. The van der Waals surface area contributed by atoms with Gasteiger partial charge in [0.25, 0.3) is 0 Å². The summed E-state index contributed by atoms with van der Waals surface area (Å²) in [6.07, 6.45) is 2.60. The Hall–Kier alpha value is -0.830. The van der Waals surface area contributed by atoms with Crippen LogP contribution in [0.1, 0.15) is 36.7 Å². The van der Waals surface area contributed by atoms with Gasteiger partial charge in [0.05, 0.1) is 5.69 Å². The summed E-state index contributed by atoms with van der Waals surface area (Å²) >= 11 is 0. The Morgan fingerprint density at radius 3 is 2.67 bits per heavy atom. The Balaban J connectivity index is 0.00000288. The van der Waals surface area contributed by atoms with Crippen LogP contribution in [0.25, 0.3) is 0 Å². The fraction of sp³-hybridized carbons (Fsp3) is 0.765. The van der Waals surface area contributed by atoms with Crippen molar-refractivity contribution in [2.75, 3.05) is 33.7 Å². The summed E-state index contributed by atoms with van der Waals surface area (Å²) in [4.78, 5) is 9.27. The van der Waals surface area contributed by atoms with Gasteiger partial charge in [-0.3, -0.25) is 14.6 Å². The number of aliphatic imine (C=N–C) groups is 1. The SMILES string of the molecule is CCN1CCCC1CN(C)C(=NC)NCc1c(C)nn(C)c1C.I. The van der Waals surface area contributed by atoms with Gasteiger partial charge in [-0.25, -0.2) is 0 Å². The van der Waals surface area contributed by atoms with Gasteiger partial charge in [-0.2, -0.15) is 5.10 Å². The minimum absolute atomic E-state index is 0. The smallest absolute Gasteiger partial charge is 0.193 e. The van der Waals surface area contributed by atoms with E-state index in [-0.39, 0.29) is 24.0 Å². The van der Waals surface area contributed by atoms with E-state index in [1.807, 2.05) is 18.8 Å². The maximum atomic E-state index is 4.48. The maximum Gasteiger partial charge on any atom is 0.193 e. The van der Waals surface area contributed by atoms with Crippen molar-refractivity contribution in [1.82, 2.24) is 24.9 Å². The van der Waals surface area contributed by atoms with Crippen molar-refractivity contribution >= 4 is 29.9 Å². The molecule has 6 nitrogen and oxygen atoms in total. The van der Waals surface area contributed by atoms with E-state index in [0.29, 0.717) is 6.04 Å². The monoisotopic (exact) mass is 448 g/mol. The molecule has 2 rings (SSSR count). The van der Waals surface area contributed by atoms with E-state index in [9.17, 15) is 0 Å². The molecular formula is C17H33IN6. The van der Waals surface area contributed by atoms with E-state index in [1.54, 1.807) is 0 Å². The summed E-state index contributed by atoms with van der Waals surface area (Å²) in [7, 11) is 5.98. The lowest BCUT2D eigenvalue weighted by Crippen LogP contribution is -2.45. The number of halogens is 1. The maximum absolute atomic E-state index is 4.48. The van der Waals surface area contributed by atoms with Gasteiger partial charge in [0, 0.05) is 51.5 Å². The molecule has 0 aromatic carbocycles. The number of likely N-dealkylation sites (tertiary alicyclic amines) is 1. The molecule has 1 saturated heterocycles. The van der Waals surface area contributed by atoms with E-state index in [2.05, 4.69) is 53.0 Å². The van der Waals surface area contributed by atoms with E-state index < -0.39 is 0 Å². The van der Waals surface area contributed by atoms with Gasteiger partial charge in [0.1, 0.15) is 0 Å². The topological polar surface area (TPSA) is 48.7 Å². The fourth-order valence-electron chi connectivity index (χ4n) is 3.55. The highest BCUT2D eigenvalue weighted by atomic mass is 127. The largest absolute Gasteiger partial charge is 0.352 e. The van der Waals surface area contributed by atoms with Crippen LogP contribution in [0, 0.1) is 13.8 Å². The van der Waals surface area contributed by atoms with Crippen LogP contribution >= 0.6 is 24.0 Å². The first-order chi connectivity index (χ1) is 11.0. The second-order valence-electron chi connectivity index (χ2n) is 6.48. The van der Waals surface area contributed by atoms with Crippen molar-refractivity contribution in [3.63, 3.8) is 0 Å². The second-order valence-corrected chi connectivity index (χ2v) is 6.48. The van der Waals surface area contributed by atoms with Gasteiger partial charge in [-0.1, -0.05) is 6.92 Å². The Kier molecular flexibility index (Phi) is 8.49. The van der Waals surface area contributed by atoms with Crippen LogP contribution in [-0.4, -0.2) is 65.3 Å². The first-order valence-electron chi connectivity index (χ1n) is 8.62. The average molecular weight is 448 g/mol. The predicted molar refractivity (Wildman–Crippen MR) is 111 cm³/mol. The third-order valence-corrected chi connectivity index (χ3v) is 5.05. The molecule has 0 spiro atoms. The number of rotatable bonds is 5. The molecule has 138 valence electrons. The third-order valence-electron chi connectivity index (χ3n) is 5.05. The van der Waals surface area contributed by atoms with Gasteiger partial charge >= 0.3 is 0 Å². The summed E-state index contributed by atoms with van der Waals surface area (Å²) in [6, 6.07) is 0.644. The third kappa shape index (κ3) is 4.84. The van der Waals surface area contributed by atoms with Crippen molar-refractivity contribution in [3.8, 4) is 0 Å². The Bertz CT molecular complexity index is 554. The molecule has 0 radical (unpaired) electrons. The summed E-state index contributed by atoms with van der Waals surface area (Å²) in [5, 5.41) is 7.97. The number of aromatic nitrogens is 2. The zero-order valence-corrected chi connectivity index (χ0v) is 18.3. The van der Waals surface area contributed by atoms with E-state index in [0.717, 1.165) is 31.3 Å². The summed E-state index contributed by atoms with van der Waals surface area (Å²) in [5.74, 6) is 0.954. The number of aryl methyl sites for hydroxylation is 2. The van der Waals surface area contributed by atoms with Crippen molar-refractivity contribution in [1.29, 1.82) is 0 Å². The van der Waals surface area contributed by atoms with Crippen LogP contribution in [0.5, 0.6) is 0 Å². The lowest BCUT2D eigenvalue weighted by atomic mass is 10.2. The lowest BCUT2D eigenvalue weighted by Gasteiger charge is -2.29. The van der Waals surface area contributed by atoms with Crippen LogP contribution in [0.15, 0.2) is 4.99 Å². The van der Waals surface area contributed by atoms with E-state index in [4.69, 9.17) is 0 Å². The summed E-state index contributed by atoms with van der Waals surface area (Å²) in [6.45, 7) is 10.6. The van der Waals surface area contributed by atoms with Gasteiger partial charge < -0.3 is 10.2 Å². The fourth-order valence-corrected chi connectivity index (χ4v) is 3.55. The number of hydrogen-bond donors (Lipinski definition) is 1. The molecule has 1 aromatic rings. The molecule has 2 heterocycles. The minimum Gasteiger partial charge on any atom is -0.352 e. The molecule has 0 bridgehead atoms. The van der Waals surface area contributed by atoms with Crippen LogP contribution in [0.2, 0.25) is 0 Å². The molecule has 1 aliphatic rings. The molecule has 0 amide bonds. The second kappa shape index (κ2) is 9.60. The highest BCUT2D eigenvalue weighted by molar-refractivity contribution is 14.0. The molecule has 1 aliphatic heterocycles. The zero-order chi connectivity index (χ0) is 17.0. The normalized spacial score (nSPS) is 18.6. The van der Waals surface area contributed by atoms with Gasteiger partial charge in [-0.15, -0.1) is 24.0 Å². The molecule has 1 N–H and O–H groups in total. The number of likely N-dealkylation sites (N-methyl/N-ethyl adjacent to an activating group) is 2. The predicted octanol–water partition coefficient (Wildman–Crippen LogP) is 2.15. The Labute approximate surface area is 163 Å². The molecular weight excluding hydrogens is 415 g/mol. The molecule has 0 aliphatic carbocycles. The van der Waals surface area contributed by atoms with Crippen molar-refractivity contribution in [3.05, 3.63) is 17.0 Å². The van der Waals surface area contributed by atoms with Crippen molar-refractivity contribution in [2.45, 2.75) is 46.2 Å². The van der Waals surface area contributed by atoms with Crippen LogP contribution in [0.3, 0.4) is 0 Å². The molecule has 0 saturated carbocycles. The molecule has 1 aromatic heterocycles. The van der Waals surface area contributed by atoms with Crippen molar-refractivity contribution < 1.29 is 0 Å².